The summed E-state index contributed by atoms with van der Waals surface area (Å²) in [5.41, 5.74) is 1.90. The van der Waals surface area contributed by atoms with Gasteiger partial charge in [-0.05, 0) is 72.1 Å². The first-order chi connectivity index (χ1) is 18.6. The van der Waals surface area contributed by atoms with Crippen LogP contribution < -0.4 is 4.73 Å². The summed E-state index contributed by atoms with van der Waals surface area (Å²) in [7, 11) is -3.77. The molecule has 2 atom stereocenters. The predicted octanol–water partition coefficient (Wildman–Crippen LogP) is 4.59. The highest BCUT2D eigenvalue weighted by molar-refractivity contribution is 7.89. The van der Waals surface area contributed by atoms with Crippen LogP contribution in [0.5, 0.6) is 0 Å². The number of amides is 1. The Bertz CT molecular complexity index is 1720. The molecule has 1 fully saturated rings. The Morgan fingerprint density at radius 3 is 2.26 bits per heavy atom. The molecule has 4 aromatic rings. The third-order valence-electron chi connectivity index (χ3n) is 7.03. The first-order valence-electron chi connectivity index (χ1n) is 12.3. The zero-order valence-corrected chi connectivity index (χ0v) is 22.9. The molecule has 1 amide bonds. The lowest BCUT2D eigenvalue weighted by atomic mass is 10.0. The Hall–Kier alpha value is -3.97. The van der Waals surface area contributed by atoms with Crippen LogP contribution in [0.3, 0.4) is 0 Å². The van der Waals surface area contributed by atoms with Gasteiger partial charge < -0.3 is 10.1 Å². The molecule has 0 saturated carbocycles. The quantitative estimate of drug-likeness (QED) is 0.268. The van der Waals surface area contributed by atoms with Crippen LogP contribution in [0.4, 0.5) is 0 Å². The number of aromatic nitrogens is 1. The van der Waals surface area contributed by atoms with Crippen LogP contribution in [0, 0.1) is 16.5 Å². The first-order valence-corrected chi connectivity index (χ1v) is 14.2. The summed E-state index contributed by atoms with van der Waals surface area (Å²) >= 11 is 6.06. The van der Waals surface area contributed by atoms with Crippen molar-refractivity contribution in [1.82, 2.24) is 9.21 Å². The number of halogens is 1. The molecule has 0 aliphatic carbocycles. The first kappa shape index (κ1) is 26.6. The van der Waals surface area contributed by atoms with E-state index in [0.717, 1.165) is 16.3 Å². The van der Waals surface area contributed by atoms with Gasteiger partial charge in [0.25, 0.3) is 11.6 Å². The minimum atomic E-state index is -3.77. The maximum absolute atomic E-state index is 13.5. The van der Waals surface area contributed by atoms with E-state index in [0.29, 0.717) is 20.9 Å². The summed E-state index contributed by atoms with van der Waals surface area (Å²) in [6.07, 6.45) is 1.28. The van der Waals surface area contributed by atoms with E-state index in [1.54, 1.807) is 71.6 Å². The number of benzene rings is 3. The van der Waals surface area contributed by atoms with Gasteiger partial charge in [0, 0.05) is 47.9 Å². The van der Waals surface area contributed by atoms with Gasteiger partial charge in [-0.2, -0.15) is 14.3 Å². The van der Waals surface area contributed by atoms with Gasteiger partial charge >= 0.3 is 0 Å². The third kappa shape index (κ3) is 5.06. The number of hydrogen-bond donors (Lipinski definition) is 0. The number of pyridine rings is 1. The number of carbonyl (C=O) groups excluding carboxylic acids is 1. The average molecular weight is 561 g/mol. The number of rotatable bonds is 4. The van der Waals surface area contributed by atoms with Crippen LogP contribution in [0.15, 0.2) is 83.9 Å². The number of nitriles is 1. The van der Waals surface area contributed by atoms with Crippen LogP contribution >= 0.6 is 11.6 Å². The zero-order valence-electron chi connectivity index (χ0n) is 21.3. The summed E-state index contributed by atoms with van der Waals surface area (Å²) in [5, 5.41) is 23.0. The molecule has 198 valence electrons. The summed E-state index contributed by atoms with van der Waals surface area (Å²) in [4.78, 5) is 15.4. The number of fused-ring (bicyclic) bond motifs is 1. The van der Waals surface area contributed by atoms with Gasteiger partial charge in [0.15, 0.2) is 12.3 Å². The summed E-state index contributed by atoms with van der Waals surface area (Å²) in [6.45, 7) is 4.04. The molecule has 1 aliphatic rings. The molecule has 1 aromatic heterocycles. The molecule has 1 aliphatic heterocycles. The fraction of sp³-hybridized carbons (Fsp3) is 0.207. The van der Waals surface area contributed by atoms with Gasteiger partial charge in [0.1, 0.15) is 0 Å². The third-order valence-corrected chi connectivity index (χ3v) is 9.09. The van der Waals surface area contributed by atoms with E-state index in [-0.39, 0.29) is 41.7 Å². The van der Waals surface area contributed by atoms with Crippen molar-refractivity contribution in [3.8, 4) is 17.2 Å². The molecular weight excluding hydrogens is 536 g/mol. The van der Waals surface area contributed by atoms with Gasteiger partial charge in [-0.1, -0.05) is 35.9 Å². The standard InChI is InChI=1S/C29H25ClN4O4S/c1-19-17-32(39(37,38)28-10-8-23-13-26(30)9-7-24(23)15-28)18-20(2)34(19)29(35)22-5-3-21(4-6-22)25-11-12-33(36)27(14-25)16-31/h3-15,19-20H,17-18H2,1-2H3/t19-,20+. The van der Waals surface area contributed by atoms with Crippen LogP contribution in [0.1, 0.15) is 29.9 Å². The van der Waals surface area contributed by atoms with E-state index in [2.05, 4.69) is 0 Å². The highest BCUT2D eigenvalue weighted by atomic mass is 35.5. The van der Waals surface area contributed by atoms with E-state index in [1.165, 1.54) is 16.6 Å². The number of carbonyl (C=O) groups is 1. The van der Waals surface area contributed by atoms with Crippen molar-refractivity contribution in [1.29, 1.82) is 5.26 Å². The molecule has 0 spiro atoms. The minimum Gasteiger partial charge on any atom is -0.618 e. The van der Waals surface area contributed by atoms with E-state index < -0.39 is 10.0 Å². The Labute approximate surface area is 231 Å². The van der Waals surface area contributed by atoms with Gasteiger partial charge in [-0.15, -0.1) is 0 Å². The molecule has 1 saturated heterocycles. The molecule has 8 nitrogen and oxygen atoms in total. The Kier molecular flexibility index (Phi) is 7.03. The monoisotopic (exact) mass is 560 g/mol. The molecule has 0 N–H and O–H groups in total. The Balaban J connectivity index is 1.34. The Morgan fingerprint density at radius 2 is 1.59 bits per heavy atom. The maximum Gasteiger partial charge on any atom is 0.295 e. The van der Waals surface area contributed by atoms with E-state index in [4.69, 9.17) is 16.9 Å². The molecule has 5 rings (SSSR count). The smallest absolute Gasteiger partial charge is 0.295 e. The summed E-state index contributed by atoms with van der Waals surface area (Å²) in [6, 6.07) is 21.5. The van der Waals surface area contributed by atoms with Crippen molar-refractivity contribution < 1.29 is 17.9 Å². The molecule has 0 radical (unpaired) electrons. The van der Waals surface area contributed by atoms with Crippen LogP contribution in [0.2, 0.25) is 5.02 Å². The Morgan fingerprint density at radius 1 is 0.949 bits per heavy atom. The average Bonchev–Trinajstić information content (AvgIpc) is 2.92. The van der Waals surface area contributed by atoms with Crippen molar-refractivity contribution in [2.24, 2.45) is 0 Å². The van der Waals surface area contributed by atoms with E-state index >= 15 is 0 Å². The van der Waals surface area contributed by atoms with Gasteiger partial charge in [0.05, 0.1) is 4.90 Å². The maximum atomic E-state index is 13.5. The number of hydrogen-bond acceptors (Lipinski definition) is 5. The summed E-state index contributed by atoms with van der Waals surface area (Å²) < 4.78 is 29.0. The van der Waals surface area contributed by atoms with Gasteiger partial charge in [0.2, 0.25) is 10.0 Å². The molecule has 0 unspecified atom stereocenters. The van der Waals surface area contributed by atoms with Crippen LogP contribution in [-0.2, 0) is 10.0 Å². The SMILES string of the molecule is C[C@@H]1CN(S(=O)(=O)c2ccc3cc(Cl)ccc3c2)C[C@H](C)N1C(=O)c1ccc(-c2cc[n+]([O-])c(C#N)c2)cc1. The second-order valence-corrected chi connectivity index (χ2v) is 12.1. The molecule has 2 heterocycles. The lowest BCUT2D eigenvalue weighted by Crippen LogP contribution is -2.59. The normalized spacial score (nSPS) is 18.2. The fourth-order valence-corrected chi connectivity index (χ4v) is 6.90. The summed E-state index contributed by atoms with van der Waals surface area (Å²) in [5.74, 6) is -0.190. The van der Waals surface area contributed by atoms with Crippen molar-refractivity contribution in [2.45, 2.75) is 30.8 Å². The predicted molar refractivity (Wildman–Crippen MR) is 148 cm³/mol. The van der Waals surface area contributed by atoms with Crippen molar-refractivity contribution in [2.75, 3.05) is 13.1 Å². The second-order valence-electron chi connectivity index (χ2n) is 9.70. The van der Waals surface area contributed by atoms with Gasteiger partial charge in [-0.3, -0.25) is 4.79 Å². The lowest BCUT2D eigenvalue weighted by Gasteiger charge is -2.43. The van der Waals surface area contributed by atoms with Crippen LogP contribution in [0.25, 0.3) is 21.9 Å². The molecular formula is C29H25ClN4O4S. The minimum absolute atomic E-state index is 0.0174. The molecule has 39 heavy (non-hydrogen) atoms. The highest BCUT2D eigenvalue weighted by Crippen LogP contribution is 2.28. The van der Waals surface area contributed by atoms with Crippen LogP contribution in [-0.4, -0.2) is 48.7 Å². The van der Waals surface area contributed by atoms with E-state index in [9.17, 15) is 18.4 Å². The second kappa shape index (κ2) is 10.3. The number of nitrogens with zero attached hydrogens (tertiary/aromatic N) is 4. The number of sulfonamides is 1. The lowest BCUT2D eigenvalue weighted by molar-refractivity contribution is -0.608. The largest absolute Gasteiger partial charge is 0.618 e. The van der Waals surface area contributed by atoms with Crippen molar-refractivity contribution in [3.05, 3.63) is 100 Å². The van der Waals surface area contributed by atoms with Crippen molar-refractivity contribution >= 4 is 38.3 Å². The zero-order chi connectivity index (χ0) is 27.9. The number of piperazine rings is 1. The topological polar surface area (TPSA) is 108 Å². The molecule has 3 aromatic carbocycles. The van der Waals surface area contributed by atoms with Gasteiger partial charge in [-0.25, -0.2) is 8.42 Å². The highest BCUT2D eigenvalue weighted by Gasteiger charge is 2.38. The van der Waals surface area contributed by atoms with E-state index in [1.807, 2.05) is 19.9 Å². The molecule has 0 bridgehead atoms. The fourth-order valence-electron chi connectivity index (χ4n) is 5.08. The molecule has 10 heteroatoms. The van der Waals surface area contributed by atoms with Crippen molar-refractivity contribution in [3.63, 3.8) is 0 Å².